The normalized spacial score (nSPS) is 18.5. The van der Waals surface area contributed by atoms with E-state index in [1.807, 2.05) is 24.3 Å². The summed E-state index contributed by atoms with van der Waals surface area (Å²) in [6.45, 7) is 5.07. The molecule has 0 heterocycles. The van der Waals surface area contributed by atoms with Crippen molar-refractivity contribution in [3.63, 3.8) is 0 Å². The molecule has 2 atom stereocenters. The maximum absolute atomic E-state index is 12.3. The monoisotopic (exact) mass is 358 g/mol. The van der Waals surface area contributed by atoms with Gasteiger partial charge in [0, 0.05) is 18.2 Å². The predicted molar refractivity (Wildman–Crippen MR) is 106 cm³/mol. The first-order valence-electron chi connectivity index (χ1n) is 8.76. The Balaban J connectivity index is 0.00000225. The van der Waals surface area contributed by atoms with E-state index in [9.17, 15) is 4.79 Å². The lowest BCUT2D eigenvalue weighted by Crippen LogP contribution is -2.27. The predicted octanol–water partition coefficient (Wildman–Crippen LogP) is 4.28. The Morgan fingerprint density at radius 3 is 2.36 bits per heavy atom. The number of halogens is 1. The molecule has 0 aliphatic heterocycles. The molecule has 0 saturated heterocycles. The Hall–Kier alpha value is -2.00. The van der Waals surface area contributed by atoms with Crippen LogP contribution in [0.4, 0.5) is 5.69 Å². The van der Waals surface area contributed by atoms with E-state index in [-0.39, 0.29) is 24.2 Å². The van der Waals surface area contributed by atoms with Gasteiger partial charge in [0.1, 0.15) is 0 Å². The van der Waals surface area contributed by atoms with Crippen molar-refractivity contribution in [3.05, 3.63) is 65.2 Å². The van der Waals surface area contributed by atoms with E-state index in [1.165, 1.54) is 16.7 Å². The standard InChI is InChI=1S/C21H26N2O.ClH/c1-14(2)16-5-7-17(8-6-16)19-13-20(19)21(24)23-12-11-15-3-9-18(22)10-4-15;/h3-10,14,19-20H,11-13,22H2,1-2H3,(H,23,24);1H. The van der Waals surface area contributed by atoms with E-state index < -0.39 is 0 Å². The van der Waals surface area contributed by atoms with Crippen molar-refractivity contribution in [2.75, 3.05) is 12.3 Å². The molecule has 0 aromatic heterocycles. The fraction of sp³-hybridized carbons (Fsp3) is 0.381. The number of amides is 1. The molecule has 1 saturated carbocycles. The summed E-state index contributed by atoms with van der Waals surface area (Å²) in [5.74, 6) is 1.26. The quantitative estimate of drug-likeness (QED) is 0.757. The second-order valence-corrected chi connectivity index (χ2v) is 7.05. The maximum atomic E-state index is 12.3. The second kappa shape index (κ2) is 8.39. The van der Waals surface area contributed by atoms with Crippen LogP contribution in [-0.2, 0) is 11.2 Å². The van der Waals surface area contributed by atoms with E-state index in [1.54, 1.807) is 0 Å². The zero-order valence-corrected chi connectivity index (χ0v) is 15.7. The minimum Gasteiger partial charge on any atom is -0.399 e. The fourth-order valence-corrected chi connectivity index (χ4v) is 3.13. The molecular formula is C21H27ClN2O. The van der Waals surface area contributed by atoms with E-state index in [0.717, 1.165) is 18.5 Å². The summed E-state index contributed by atoms with van der Waals surface area (Å²) in [5.41, 5.74) is 10.3. The van der Waals surface area contributed by atoms with Gasteiger partial charge in [-0.15, -0.1) is 12.4 Å². The van der Waals surface area contributed by atoms with E-state index in [4.69, 9.17) is 5.73 Å². The van der Waals surface area contributed by atoms with Gasteiger partial charge in [-0.2, -0.15) is 0 Å². The highest BCUT2D eigenvalue weighted by Crippen LogP contribution is 2.47. The number of nitrogens with one attached hydrogen (secondary N) is 1. The maximum Gasteiger partial charge on any atom is 0.223 e. The Morgan fingerprint density at radius 1 is 1.12 bits per heavy atom. The molecule has 1 amide bonds. The first-order valence-corrected chi connectivity index (χ1v) is 8.76. The van der Waals surface area contributed by atoms with Crippen LogP contribution in [-0.4, -0.2) is 12.5 Å². The summed E-state index contributed by atoms with van der Waals surface area (Å²) >= 11 is 0. The summed E-state index contributed by atoms with van der Waals surface area (Å²) in [5, 5.41) is 3.07. The molecule has 0 radical (unpaired) electrons. The molecule has 25 heavy (non-hydrogen) atoms. The molecule has 1 aliphatic carbocycles. The summed E-state index contributed by atoms with van der Waals surface area (Å²) < 4.78 is 0. The van der Waals surface area contributed by atoms with Crippen molar-refractivity contribution in [2.24, 2.45) is 5.92 Å². The van der Waals surface area contributed by atoms with Crippen LogP contribution in [0.5, 0.6) is 0 Å². The summed E-state index contributed by atoms with van der Waals surface area (Å²) in [7, 11) is 0. The molecule has 3 nitrogen and oxygen atoms in total. The third-order valence-corrected chi connectivity index (χ3v) is 4.85. The Kier molecular flexibility index (Phi) is 6.49. The van der Waals surface area contributed by atoms with Crippen LogP contribution in [0.3, 0.4) is 0 Å². The molecule has 2 aromatic rings. The molecule has 4 heteroatoms. The highest BCUT2D eigenvalue weighted by atomic mass is 35.5. The second-order valence-electron chi connectivity index (χ2n) is 7.05. The van der Waals surface area contributed by atoms with Gasteiger partial charge in [-0.25, -0.2) is 0 Å². The smallest absolute Gasteiger partial charge is 0.223 e. The molecule has 3 rings (SSSR count). The van der Waals surface area contributed by atoms with E-state index in [0.29, 0.717) is 18.4 Å². The lowest BCUT2D eigenvalue weighted by Gasteiger charge is -2.07. The Labute approximate surface area is 156 Å². The first-order chi connectivity index (χ1) is 11.5. The van der Waals surface area contributed by atoms with Crippen molar-refractivity contribution in [1.82, 2.24) is 5.32 Å². The van der Waals surface area contributed by atoms with Crippen molar-refractivity contribution in [2.45, 2.75) is 38.5 Å². The van der Waals surface area contributed by atoms with Gasteiger partial charge in [0.25, 0.3) is 0 Å². The van der Waals surface area contributed by atoms with Gasteiger partial charge in [0.05, 0.1) is 0 Å². The lowest BCUT2D eigenvalue weighted by atomic mass is 10.00. The van der Waals surface area contributed by atoms with Gasteiger partial charge in [-0.3, -0.25) is 4.79 Å². The number of nitrogen functional groups attached to an aromatic ring is 1. The average molecular weight is 359 g/mol. The number of benzene rings is 2. The van der Waals surface area contributed by atoms with Gasteiger partial charge in [-0.1, -0.05) is 50.2 Å². The van der Waals surface area contributed by atoms with Crippen molar-refractivity contribution < 1.29 is 4.79 Å². The largest absolute Gasteiger partial charge is 0.399 e. The van der Waals surface area contributed by atoms with Gasteiger partial charge in [-0.05, 0) is 53.5 Å². The SMILES string of the molecule is CC(C)c1ccc(C2CC2C(=O)NCCc2ccc(N)cc2)cc1.Cl. The summed E-state index contributed by atoms with van der Waals surface area (Å²) in [6, 6.07) is 16.6. The third-order valence-electron chi connectivity index (χ3n) is 4.85. The molecule has 2 aromatic carbocycles. The van der Waals surface area contributed by atoms with Gasteiger partial charge >= 0.3 is 0 Å². The molecule has 0 spiro atoms. The third kappa shape index (κ3) is 4.99. The highest BCUT2D eigenvalue weighted by molar-refractivity contribution is 5.85. The van der Waals surface area contributed by atoms with Crippen molar-refractivity contribution in [3.8, 4) is 0 Å². The van der Waals surface area contributed by atoms with Crippen molar-refractivity contribution in [1.29, 1.82) is 0 Å². The Morgan fingerprint density at radius 2 is 1.76 bits per heavy atom. The number of anilines is 1. The molecular weight excluding hydrogens is 332 g/mol. The van der Waals surface area contributed by atoms with Gasteiger partial charge < -0.3 is 11.1 Å². The van der Waals surface area contributed by atoms with E-state index >= 15 is 0 Å². The van der Waals surface area contributed by atoms with Crippen LogP contribution in [0, 0.1) is 5.92 Å². The van der Waals surface area contributed by atoms with Gasteiger partial charge in [0.15, 0.2) is 0 Å². The number of rotatable bonds is 6. The number of nitrogens with two attached hydrogens (primary N) is 1. The number of carbonyl (C=O) groups is 1. The number of hydrogen-bond donors (Lipinski definition) is 2. The van der Waals surface area contributed by atoms with Crippen LogP contribution >= 0.6 is 12.4 Å². The Bertz CT molecular complexity index is 695. The minimum absolute atomic E-state index is 0. The highest BCUT2D eigenvalue weighted by Gasteiger charge is 2.43. The lowest BCUT2D eigenvalue weighted by molar-refractivity contribution is -0.122. The van der Waals surface area contributed by atoms with Gasteiger partial charge in [0.2, 0.25) is 5.91 Å². The fourth-order valence-electron chi connectivity index (χ4n) is 3.13. The zero-order valence-electron chi connectivity index (χ0n) is 14.9. The average Bonchev–Trinajstić information content (AvgIpc) is 3.37. The molecule has 0 bridgehead atoms. The van der Waals surface area contributed by atoms with Crippen LogP contribution in [0.15, 0.2) is 48.5 Å². The van der Waals surface area contributed by atoms with Crippen molar-refractivity contribution >= 4 is 24.0 Å². The summed E-state index contributed by atoms with van der Waals surface area (Å²) in [6.07, 6.45) is 1.81. The molecule has 134 valence electrons. The number of hydrogen-bond acceptors (Lipinski definition) is 2. The molecule has 2 unspecified atom stereocenters. The summed E-state index contributed by atoms with van der Waals surface area (Å²) in [4.78, 5) is 12.3. The minimum atomic E-state index is 0. The molecule has 1 aliphatic rings. The number of carbonyl (C=O) groups excluding carboxylic acids is 1. The van der Waals surface area contributed by atoms with Crippen LogP contribution in [0.25, 0.3) is 0 Å². The zero-order chi connectivity index (χ0) is 17.1. The van der Waals surface area contributed by atoms with E-state index in [2.05, 4.69) is 43.4 Å². The van der Waals surface area contributed by atoms with Crippen LogP contribution in [0.1, 0.15) is 48.8 Å². The van der Waals surface area contributed by atoms with Crippen LogP contribution in [0.2, 0.25) is 0 Å². The molecule has 3 N–H and O–H groups in total. The topological polar surface area (TPSA) is 55.1 Å². The van der Waals surface area contributed by atoms with Crippen LogP contribution < -0.4 is 11.1 Å². The first kappa shape index (κ1) is 19.3. The molecule has 1 fully saturated rings.